The Hall–Kier alpha value is -2.77. The molecular formula is C21H27N7O. The minimum absolute atomic E-state index is 0.0146. The molecule has 5 rings (SSSR count). The molecule has 2 saturated heterocycles. The van der Waals surface area contributed by atoms with E-state index < -0.39 is 0 Å². The Labute approximate surface area is 170 Å². The predicted octanol–water partition coefficient (Wildman–Crippen LogP) is 2.46. The van der Waals surface area contributed by atoms with Gasteiger partial charge < -0.3 is 15.1 Å². The van der Waals surface area contributed by atoms with E-state index in [9.17, 15) is 4.79 Å². The van der Waals surface area contributed by atoms with Crippen LogP contribution in [0.5, 0.6) is 0 Å². The lowest BCUT2D eigenvalue weighted by molar-refractivity contribution is 0.0718. The highest BCUT2D eigenvalue weighted by Crippen LogP contribution is 2.39. The molecule has 0 radical (unpaired) electrons. The van der Waals surface area contributed by atoms with Crippen molar-refractivity contribution < 1.29 is 4.79 Å². The summed E-state index contributed by atoms with van der Waals surface area (Å²) < 4.78 is 0. The lowest BCUT2D eigenvalue weighted by Crippen LogP contribution is -2.36. The van der Waals surface area contributed by atoms with Crippen molar-refractivity contribution in [3.05, 3.63) is 36.0 Å². The molecule has 4 heterocycles. The number of hydrogen-bond acceptors (Lipinski definition) is 7. The van der Waals surface area contributed by atoms with Crippen LogP contribution in [0, 0.1) is 0 Å². The first kappa shape index (κ1) is 18.3. The molecule has 2 aromatic rings. The Bertz CT molecular complexity index is 879. The van der Waals surface area contributed by atoms with Gasteiger partial charge in [-0.15, -0.1) is 0 Å². The standard InChI is InChI=1S/C21H27N7O/c29-20(27-9-2-1-3-10-27)18-12-22-13-19(25-18)24-16-7-11-28(14-16)21-23-8-6-17(26-21)15-4-5-15/h6,8,12-13,15-16H,1-5,7,9-11,14H2,(H,24,25). The van der Waals surface area contributed by atoms with Crippen molar-refractivity contribution in [3.8, 4) is 0 Å². The summed E-state index contributed by atoms with van der Waals surface area (Å²) in [4.78, 5) is 34.8. The Balaban J connectivity index is 1.22. The van der Waals surface area contributed by atoms with E-state index in [1.54, 1.807) is 12.4 Å². The van der Waals surface area contributed by atoms with E-state index in [0.717, 1.165) is 51.4 Å². The molecule has 8 nitrogen and oxygen atoms in total. The fourth-order valence-electron chi connectivity index (χ4n) is 4.19. The molecule has 3 aliphatic rings. The Morgan fingerprint density at radius 2 is 1.90 bits per heavy atom. The monoisotopic (exact) mass is 393 g/mol. The quantitative estimate of drug-likeness (QED) is 0.835. The maximum atomic E-state index is 12.7. The molecule has 2 aliphatic heterocycles. The number of aromatic nitrogens is 4. The molecule has 1 aliphatic carbocycles. The normalized spacial score (nSPS) is 22.0. The van der Waals surface area contributed by atoms with E-state index in [4.69, 9.17) is 4.98 Å². The average molecular weight is 393 g/mol. The summed E-state index contributed by atoms with van der Waals surface area (Å²) >= 11 is 0. The third kappa shape index (κ3) is 4.16. The van der Waals surface area contributed by atoms with Crippen LogP contribution in [0.2, 0.25) is 0 Å². The van der Waals surface area contributed by atoms with Crippen molar-refractivity contribution in [1.29, 1.82) is 0 Å². The van der Waals surface area contributed by atoms with Crippen LogP contribution in [0.25, 0.3) is 0 Å². The number of rotatable bonds is 5. The van der Waals surface area contributed by atoms with Crippen molar-refractivity contribution in [2.75, 3.05) is 36.4 Å². The zero-order valence-corrected chi connectivity index (χ0v) is 16.6. The minimum atomic E-state index is -0.0146. The topological polar surface area (TPSA) is 87.1 Å². The number of amides is 1. The number of piperidine rings is 1. The average Bonchev–Trinajstić information content (AvgIpc) is 3.53. The molecule has 3 fully saturated rings. The van der Waals surface area contributed by atoms with Crippen LogP contribution in [0.4, 0.5) is 11.8 Å². The summed E-state index contributed by atoms with van der Waals surface area (Å²) in [6.45, 7) is 3.36. The van der Waals surface area contributed by atoms with Gasteiger partial charge in [0.05, 0.1) is 12.4 Å². The second kappa shape index (κ2) is 7.93. The van der Waals surface area contributed by atoms with Crippen LogP contribution >= 0.6 is 0 Å². The molecule has 1 unspecified atom stereocenters. The van der Waals surface area contributed by atoms with E-state index >= 15 is 0 Å². The first-order chi connectivity index (χ1) is 14.3. The van der Waals surface area contributed by atoms with E-state index in [0.29, 0.717) is 17.4 Å². The number of carbonyl (C=O) groups is 1. The lowest BCUT2D eigenvalue weighted by atomic mass is 10.1. The Morgan fingerprint density at radius 1 is 1.03 bits per heavy atom. The van der Waals surface area contributed by atoms with Crippen molar-refractivity contribution in [1.82, 2.24) is 24.8 Å². The first-order valence-electron chi connectivity index (χ1n) is 10.7. The molecule has 2 aromatic heterocycles. The van der Waals surface area contributed by atoms with E-state index in [2.05, 4.69) is 25.2 Å². The van der Waals surface area contributed by atoms with Gasteiger partial charge in [0.1, 0.15) is 11.5 Å². The Kier molecular flexibility index (Phi) is 4.99. The smallest absolute Gasteiger partial charge is 0.274 e. The highest BCUT2D eigenvalue weighted by atomic mass is 16.2. The minimum Gasteiger partial charge on any atom is -0.364 e. The summed E-state index contributed by atoms with van der Waals surface area (Å²) in [6, 6.07) is 2.27. The Morgan fingerprint density at radius 3 is 2.72 bits per heavy atom. The summed E-state index contributed by atoms with van der Waals surface area (Å²) in [5.74, 6) is 2.09. The van der Waals surface area contributed by atoms with Gasteiger partial charge in [0.25, 0.3) is 5.91 Å². The second-order valence-electron chi connectivity index (χ2n) is 8.27. The van der Waals surface area contributed by atoms with Crippen LogP contribution in [-0.2, 0) is 0 Å². The highest BCUT2D eigenvalue weighted by Gasteiger charge is 2.28. The van der Waals surface area contributed by atoms with E-state index in [1.165, 1.54) is 25.0 Å². The van der Waals surface area contributed by atoms with Gasteiger partial charge in [0.15, 0.2) is 0 Å². The SMILES string of the molecule is O=C(c1cncc(NC2CCN(c3nccc(C4CC4)n3)C2)n1)N1CCCCC1. The molecule has 1 N–H and O–H groups in total. The molecule has 0 aromatic carbocycles. The molecule has 29 heavy (non-hydrogen) atoms. The number of nitrogens with one attached hydrogen (secondary N) is 1. The van der Waals surface area contributed by atoms with Crippen molar-refractivity contribution in [2.24, 2.45) is 0 Å². The van der Waals surface area contributed by atoms with Crippen molar-refractivity contribution in [2.45, 2.75) is 50.5 Å². The summed E-state index contributed by atoms with van der Waals surface area (Å²) in [6.07, 6.45) is 11.9. The van der Waals surface area contributed by atoms with Gasteiger partial charge in [0, 0.05) is 50.0 Å². The number of anilines is 2. The fourth-order valence-corrected chi connectivity index (χ4v) is 4.19. The number of likely N-dealkylation sites (tertiary alicyclic amines) is 1. The van der Waals surface area contributed by atoms with Crippen LogP contribution < -0.4 is 10.2 Å². The molecule has 8 heteroatoms. The lowest BCUT2D eigenvalue weighted by Gasteiger charge is -2.26. The van der Waals surface area contributed by atoms with Gasteiger partial charge in [-0.25, -0.2) is 15.0 Å². The maximum absolute atomic E-state index is 12.7. The molecule has 1 saturated carbocycles. The summed E-state index contributed by atoms with van der Waals surface area (Å²) in [7, 11) is 0. The number of carbonyl (C=O) groups excluding carboxylic acids is 1. The number of nitrogens with zero attached hydrogens (tertiary/aromatic N) is 6. The van der Waals surface area contributed by atoms with Crippen LogP contribution in [-0.4, -0.2) is 63.0 Å². The molecule has 1 amide bonds. The van der Waals surface area contributed by atoms with Gasteiger partial charge in [-0.1, -0.05) is 0 Å². The maximum Gasteiger partial charge on any atom is 0.274 e. The largest absolute Gasteiger partial charge is 0.364 e. The van der Waals surface area contributed by atoms with Crippen LogP contribution in [0.3, 0.4) is 0 Å². The zero-order valence-electron chi connectivity index (χ0n) is 16.6. The zero-order chi connectivity index (χ0) is 19.6. The van der Waals surface area contributed by atoms with Gasteiger partial charge in [0.2, 0.25) is 5.95 Å². The first-order valence-corrected chi connectivity index (χ1v) is 10.7. The molecule has 0 spiro atoms. The molecule has 0 bridgehead atoms. The highest BCUT2D eigenvalue weighted by molar-refractivity contribution is 5.92. The third-order valence-corrected chi connectivity index (χ3v) is 5.98. The molecular weight excluding hydrogens is 366 g/mol. The van der Waals surface area contributed by atoms with Gasteiger partial charge in [-0.05, 0) is 44.6 Å². The van der Waals surface area contributed by atoms with E-state index in [1.807, 2.05) is 17.2 Å². The van der Waals surface area contributed by atoms with Crippen molar-refractivity contribution >= 4 is 17.7 Å². The van der Waals surface area contributed by atoms with Crippen molar-refractivity contribution in [3.63, 3.8) is 0 Å². The van der Waals surface area contributed by atoms with Gasteiger partial charge in [-0.2, -0.15) is 0 Å². The van der Waals surface area contributed by atoms with Gasteiger partial charge in [-0.3, -0.25) is 9.78 Å². The summed E-state index contributed by atoms with van der Waals surface area (Å²) in [5.41, 5.74) is 1.59. The van der Waals surface area contributed by atoms with E-state index in [-0.39, 0.29) is 11.9 Å². The second-order valence-corrected chi connectivity index (χ2v) is 8.27. The molecule has 1 atom stereocenters. The van der Waals surface area contributed by atoms with Crippen LogP contribution in [0.15, 0.2) is 24.7 Å². The van der Waals surface area contributed by atoms with Gasteiger partial charge >= 0.3 is 0 Å². The summed E-state index contributed by atoms with van der Waals surface area (Å²) in [5, 5.41) is 3.45. The van der Waals surface area contributed by atoms with Crippen LogP contribution in [0.1, 0.15) is 60.6 Å². The fraction of sp³-hybridized carbons (Fsp3) is 0.571. The predicted molar refractivity (Wildman–Crippen MR) is 110 cm³/mol. The number of hydrogen-bond donors (Lipinski definition) is 1. The third-order valence-electron chi connectivity index (χ3n) is 5.98. The molecule has 152 valence electrons.